The van der Waals surface area contributed by atoms with Crippen molar-refractivity contribution in [3.63, 3.8) is 0 Å². The van der Waals surface area contributed by atoms with Gasteiger partial charge < -0.3 is 24.6 Å². The van der Waals surface area contributed by atoms with Crippen LogP contribution in [0, 0.1) is 5.92 Å². The molecule has 1 spiro atoms. The molecule has 38 heavy (non-hydrogen) atoms. The number of ketones is 2. The fourth-order valence-corrected chi connectivity index (χ4v) is 5.39. The number of piperidine rings is 1. The highest BCUT2D eigenvalue weighted by Gasteiger charge is 2.54. The third-order valence-corrected chi connectivity index (χ3v) is 7.77. The minimum Gasteiger partial charge on any atom is -0.496 e. The molecule has 2 N–H and O–H groups in total. The lowest BCUT2D eigenvalue weighted by atomic mass is 9.70. The van der Waals surface area contributed by atoms with Gasteiger partial charge in [0.1, 0.15) is 40.0 Å². The first-order valence-electron chi connectivity index (χ1n) is 12.5. The van der Waals surface area contributed by atoms with E-state index in [9.17, 15) is 19.5 Å². The summed E-state index contributed by atoms with van der Waals surface area (Å²) in [4.78, 5) is 44.9. The number of aromatic nitrogens is 1. The first-order valence-corrected chi connectivity index (χ1v) is 12.5. The van der Waals surface area contributed by atoms with Gasteiger partial charge >= 0.3 is 5.97 Å². The summed E-state index contributed by atoms with van der Waals surface area (Å²) >= 11 is 0. The second kappa shape index (κ2) is 9.40. The number of pyridine rings is 1. The molecular weight excluding hydrogens is 488 g/mol. The Morgan fingerprint density at radius 3 is 2.45 bits per heavy atom. The molecule has 5 rings (SSSR count). The van der Waals surface area contributed by atoms with Crippen LogP contribution in [0.5, 0.6) is 17.2 Å². The zero-order valence-electron chi connectivity index (χ0n) is 21.8. The Bertz CT molecular complexity index is 1460. The number of methoxy groups -OCH3 is 2. The Morgan fingerprint density at radius 1 is 1.08 bits per heavy atom. The molecule has 2 aromatic carbocycles. The van der Waals surface area contributed by atoms with E-state index in [1.165, 1.54) is 20.3 Å². The zero-order chi connectivity index (χ0) is 27.2. The summed E-state index contributed by atoms with van der Waals surface area (Å²) in [6.07, 6.45) is 0.899. The third kappa shape index (κ3) is 3.98. The summed E-state index contributed by atoms with van der Waals surface area (Å²) in [5.74, 6) is -1.79. The molecule has 0 aliphatic carbocycles. The molecule has 3 heterocycles. The number of carboxylic acids is 1. The number of ether oxygens (including phenoxy) is 3. The number of fused-ring (bicyclic) bond motifs is 2. The van der Waals surface area contributed by atoms with Crippen molar-refractivity contribution in [2.24, 2.45) is 5.92 Å². The van der Waals surface area contributed by atoms with E-state index in [1.807, 2.05) is 12.1 Å². The number of carbonyl (C=O) groups is 3. The smallest absolute Gasteiger partial charge is 0.313 e. The molecule has 3 aromatic rings. The summed E-state index contributed by atoms with van der Waals surface area (Å²) in [5.41, 5.74) is -1.12. The van der Waals surface area contributed by atoms with Gasteiger partial charge in [0, 0.05) is 24.3 Å². The summed E-state index contributed by atoms with van der Waals surface area (Å²) < 4.78 is 17.5. The van der Waals surface area contributed by atoms with E-state index in [0.29, 0.717) is 59.6 Å². The van der Waals surface area contributed by atoms with E-state index in [2.05, 4.69) is 10.3 Å². The number of benzene rings is 2. The maximum atomic E-state index is 14.2. The average molecular weight is 519 g/mol. The van der Waals surface area contributed by atoms with E-state index in [1.54, 1.807) is 38.1 Å². The molecule has 9 heteroatoms. The number of rotatable bonds is 6. The average Bonchev–Trinajstić information content (AvgIpc) is 2.92. The van der Waals surface area contributed by atoms with E-state index in [0.717, 1.165) is 0 Å². The summed E-state index contributed by atoms with van der Waals surface area (Å²) in [7, 11) is 3.03. The van der Waals surface area contributed by atoms with Gasteiger partial charge in [0.05, 0.1) is 25.2 Å². The lowest BCUT2D eigenvalue weighted by Crippen LogP contribution is -2.58. The van der Waals surface area contributed by atoms with Crippen molar-refractivity contribution in [2.75, 3.05) is 27.3 Å². The molecule has 2 aliphatic heterocycles. The van der Waals surface area contributed by atoms with Crippen LogP contribution in [0.3, 0.4) is 0 Å². The van der Waals surface area contributed by atoms with Crippen LogP contribution in [0.15, 0.2) is 42.5 Å². The van der Waals surface area contributed by atoms with Gasteiger partial charge in [-0.1, -0.05) is 12.1 Å². The topological polar surface area (TPSA) is 124 Å². The number of carboxylic acid groups (broad SMARTS) is 1. The quantitative estimate of drug-likeness (QED) is 0.370. The van der Waals surface area contributed by atoms with Crippen LogP contribution in [0.2, 0.25) is 0 Å². The molecule has 9 nitrogen and oxygen atoms in total. The maximum absolute atomic E-state index is 14.2. The number of aliphatic carboxylic acids is 1. The fourth-order valence-electron chi connectivity index (χ4n) is 5.39. The number of nitrogens with one attached hydrogen (secondary N) is 1. The fraction of sp³-hybridized carbons (Fsp3) is 0.379. The van der Waals surface area contributed by atoms with Crippen LogP contribution in [0.4, 0.5) is 0 Å². The monoisotopic (exact) mass is 518 g/mol. The SMILES string of the molecule is COc1cc(C(=O)[C@H]2C(=O)c3cc(C(C)(C)C(=O)O)ccc3OC23CCNCC3)nc2c(OC)cccc12. The summed E-state index contributed by atoms with van der Waals surface area (Å²) in [6.45, 7) is 4.30. The van der Waals surface area contributed by atoms with Gasteiger partial charge in [-0.3, -0.25) is 14.4 Å². The highest BCUT2D eigenvalue weighted by molar-refractivity contribution is 6.18. The van der Waals surface area contributed by atoms with Crippen molar-refractivity contribution >= 4 is 28.4 Å². The number of hydrogen-bond acceptors (Lipinski definition) is 8. The molecule has 0 unspecified atom stereocenters. The normalized spacial score (nSPS) is 18.5. The Kier molecular flexibility index (Phi) is 6.35. The summed E-state index contributed by atoms with van der Waals surface area (Å²) in [6, 6.07) is 11.8. The Labute approximate surface area is 220 Å². The number of carbonyl (C=O) groups excluding carboxylic acids is 2. The van der Waals surface area contributed by atoms with Gasteiger partial charge in [-0.15, -0.1) is 0 Å². The van der Waals surface area contributed by atoms with Crippen molar-refractivity contribution in [2.45, 2.75) is 37.7 Å². The first kappa shape index (κ1) is 25.7. The molecule has 0 radical (unpaired) electrons. The van der Waals surface area contributed by atoms with Gasteiger partial charge in [0.2, 0.25) is 0 Å². The van der Waals surface area contributed by atoms with Crippen molar-refractivity contribution in [3.05, 3.63) is 59.3 Å². The Hall–Kier alpha value is -3.98. The second-order valence-corrected chi connectivity index (χ2v) is 10.3. The molecule has 0 saturated carbocycles. The van der Waals surface area contributed by atoms with Crippen molar-refractivity contribution in [1.29, 1.82) is 0 Å². The predicted octanol–water partition coefficient (Wildman–Crippen LogP) is 3.81. The minimum atomic E-state index is -1.23. The molecule has 1 saturated heterocycles. The number of nitrogens with zero attached hydrogens (tertiary/aromatic N) is 1. The van der Waals surface area contributed by atoms with Crippen LogP contribution in [0.1, 0.15) is 53.1 Å². The van der Waals surface area contributed by atoms with Gasteiger partial charge in [-0.05, 0) is 56.8 Å². The van der Waals surface area contributed by atoms with Gasteiger partial charge in [-0.25, -0.2) is 4.98 Å². The Balaban J connectivity index is 1.66. The first-order chi connectivity index (χ1) is 18.1. The highest BCUT2D eigenvalue weighted by atomic mass is 16.5. The molecule has 0 amide bonds. The van der Waals surface area contributed by atoms with Crippen molar-refractivity contribution in [1.82, 2.24) is 10.3 Å². The molecule has 1 atom stereocenters. The number of hydrogen-bond donors (Lipinski definition) is 2. The van der Waals surface area contributed by atoms with Crippen LogP contribution in [0.25, 0.3) is 10.9 Å². The lowest BCUT2D eigenvalue weighted by Gasteiger charge is -2.45. The largest absolute Gasteiger partial charge is 0.496 e. The highest BCUT2D eigenvalue weighted by Crippen LogP contribution is 2.45. The van der Waals surface area contributed by atoms with Crippen LogP contribution < -0.4 is 19.5 Å². The molecular formula is C29H30N2O7. The maximum Gasteiger partial charge on any atom is 0.313 e. The van der Waals surface area contributed by atoms with Crippen LogP contribution in [-0.2, 0) is 10.2 Å². The molecule has 1 aromatic heterocycles. The van der Waals surface area contributed by atoms with E-state index >= 15 is 0 Å². The zero-order valence-corrected chi connectivity index (χ0v) is 21.8. The molecule has 2 aliphatic rings. The third-order valence-electron chi connectivity index (χ3n) is 7.77. The van der Waals surface area contributed by atoms with E-state index < -0.39 is 34.5 Å². The van der Waals surface area contributed by atoms with Crippen molar-refractivity contribution < 1.29 is 33.7 Å². The van der Waals surface area contributed by atoms with Crippen molar-refractivity contribution in [3.8, 4) is 17.2 Å². The Morgan fingerprint density at radius 2 is 1.79 bits per heavy atom. The van der Waals surface area contributed by atoms with Gasteiger partial charge in [-0.2, -0.15) is 0 Å². The summed E-state index contributed by atoms with van der Waals surface area (Å²) in [5, 5.41) is 13.7. The van der Waals surface area contributed by atoms with E-state index in [-0.39, 0.29) is 11.3 Å². The van der Waals surface area contributed by atoms with Crippen LogP contribution >= 0.6 is 0 Å². The standard InChI is InChI=1S/C29H30N2O7/c1-28(2,27(34)35)16-8-9-20-18(14-16)25(32)23(29(38-20)10-12-30-13-11-29)26(33)19-15-22(37-4)17-6-5-7-21(36-3)24(17)31-19/h5-9,14-15,23,30H,10-13H2,1-4H3,(H,34,35)/t23-/m1/s1. The van der Waals surface area contributed by atoms with Gasteiger partial charge in [0.25, 0.3) is 0 Å². The second-order valence-electron chi connectivity index (χ2n) is 10.3. The molecule has 1 fully saturated rings. The minimum absolute atomic E-state index is 0.0733. The number of Topliss-reactive ketones (excluding diaryl/α,β-unsaturated/α-hetero) is 2. The van der Waals surface area contributed by atoms with E-state index in [4.69, 9.17) is 14.2 Å². The number of para-hydroxylation sites is 1. The van der Waals surface area contributed by atoms with Crippen LogP contribution in [-0.4, -0.2) is 60.5 Å². The lowest BCUT2D eigenvalue weighted by molar-refractivity contribution is -0.142. The predicted molar refractivity (Wildman–Crippen MR) is 140 cm³/mol. The van der Waals surface area contributed by atoms with Gasteiger partial charge in [0.15, 0.2) is 11.6 Å². The molecule has 198 valence electrons. The molecule has 0 bridgehead atoms.